The molecule has 0 radical (unpaired) electrons. The van der Waals surface area contributed by atoms with E-state index in [0.29, 0.717) is 10.8 Å². The molecule has 0 heterocycles. The second-order valence-electron chi connectivity index (χ2n) is 6.34. The molecule has 1 aliphatic rings. The summed E-state index contributed by atoms with van der Waals surface area (Å²) < 4.78 is 27.5. The molecule has 2 unspecified atom stereocenters. The Morgan fingerprint density at radius 3 is 2.41 bits per heavy atom. The third-order valence-corrected chi connectivity index (χ3v) is 7.71. The van der Waals surface area contributed by atoms with E-state index in [9.17, 15) is 13.2 Å². The molecule has 3 rings (SSSR count). The molecule has 1 fully saturated rings. The van der Waals surface area contributed by atoms with Crippen molar-refractivity contribution in [2.75, 3.05) is 7.11 Å². The van der Waals surface area contributed by atoms with Crippen LogP contribution >= 0.6 is 43.5 Å². The number of sulfonamides is 1. The maximum atomic E-state index is 12.9. The van der Waals surface area contributed by atoms with Crippen LogP contribution in [0.4, 0.5) is 0 Å². The summed E-state index contributed by atoms with van der Waals surface area (Å²) in [6, 6.07) is 11.4. The van der Waals surface area contributed by atoms with E-state index in [4.69, 9.17) is 21.5 Å². The Bertz CT molecular complexity index is 993. The monoisotopic (exact) mass is 535 g/mol. The number of ketones is 1. The highest BCUT2D eigenvalue weighted by atomic mass is 79.9. The number of nitrogens with two attached hydrogens (primary N) is 1. The zero-order valence-corrected chi connectivity index (χ0v) is 18.9. The van der Waals surface area contributed by atoms with Crippen LogP contribution in [0, 0.1) is 5.92 Å². The van der Waals surface area contributed by atoms with E-state index in [-0.39, 0.29) is 28.9 Å². The number of carbonyl (C=O) groups excluding carboxylic acids is 1. The average Bonchev–Trinajstić information content (AvgIpc) is 3.17. The summed E-state index contributed by atoms with van der Waals surface area (Å²) in [7, 11) is -2.21. The minimum Gasteiger partial charge on any atom is -0.496 e. The summed E-state index contributed by atoms with van der Waals surface area (Å²) in [5, 5.41) is 5.67. The lowest BCUT2D eigenvalue weighted by atomic mass is 10.0. The molecule has 0 spiro atoms. The van der Waals surface area contributed by atoms with Crippen molar-refractivity contribution in [2.45, 2.75) is 20.5 Å². The molecule has 0 aromatic heterocycles. The summed E-state index contributed by atoms with van der Waals surface area (Å²) in [4.78, 5) is 12.9. The number of rotatable bonds is 6. The van der Waals surface area contributed by atoms with Crippen LogP contribution in [-0.4, -0.2) is 24.5 Å². The van der Waals surface area contributed by atoms with E-state index in [2.05, 4.69) is 31.9 Å². The number of ether oxygens (including phenoxy) is 1. The van der Waals surface area contributed by atoms with E-state index < -0.39 is 13.3 Å². The van der Waals surface area contributed by atoms with Gasteiger partial charge in [0.15, 0.2) is 0 Å². The van der Waals surface area contributed by atoms with E-state index in [0.717, 1.165) is 11.1 Å². The minimum atomic E-state index is -3.75. The summed E-state index contributed by atoms with van der Waals surface area (Å²) in [6.45, 7) is 0. The average molecular weight is 538 g/mol. The molecule has 0 amide bonds. The van der Waals surface area contributed by atoms with Crippen LogP contribution in [0.1, 0.15) is 17.0 Å². The Hall–Kier alpha value is -0.930. The Balaban J connectivity index is 1.81. The molecule has 0 saturated heterocycles. The van der Waals surface area contributed by atoms with Crippen LogP contribution in [0.5, 0.6) is 5.75 Å². The van der Waals surface area contributed by atoms with Gasteiger partial charge in [-0.05, 0) is 35.9 Å². The maximum absolute atomic E-state index is 12.9. The minimum absolute atomic E-state index is 0.0184. The van der Waals surface area contributed by atoms with Gasteiger partial charge in [0, 0.05) is 22.9 Å². The zero-order valence-electron chi connectivity index (χ0n) is 14.2. The Morgan fingerprint density at radius 2 is 1.85 bits per heavy atom. The first-order valence-electron chi connectivity index (χ1n) is 7.91. The van der Waals surface area contributed by atoms with Crippen molar-refractivity contribution in [1.82, 2.24) is 0 Å². The van der Waals surface area contributed by atoms with Gasteiger partial charge in [-0.2, -0.15) is 0 Å². The first-order valence-corrected chi connectivity index (χ1v) is 11.4. The third-order valence-electron chi connectivity index (χ3n) is 4.58. The summed E-state index contributed by atoms with van der Waals surface area (Å²) in [5.74, 6) is 0.174. The molecule has 27 heavy (non-hydrogen) atoms. The smallest absolute Gasteiger partial charge is 0.238 e. The number of alkyl halides is 2. The van der Waals surface area contributed by atoms with Crippen LogP contribution in [0.25, 0.3) is 0 Å². The lowest BCUT2D eigenvalue weighted by Gasteiger charge is -2.08. The Labute approximate surface area is 179 Å². The van der Waals surface area contributed by atoms with Gasteiger partial charge in [0.1, 0.15) is 11.5 Å². The fraction of sp³-hybridized carbons (Fsp3) is 0.278. The standard InChI is InChI=1S/C18H16Br2ClNO4S/c1-26-15-7-4-12(21)8-11(15)9-14(23)17-16(18(17,19)20)10-2-5-13(6-3-10)27(22,24)25/h2-8,16-17H,9H2,1H3,(H2,22,24,25). The Kier molecular flexibility index (Phi) is 5.76. The highest BCUT2D eigenvalue weighted by Gasteiger charge is 2.65. The molecule has 9 heteroatoms. The van der Waals surface area contributed by atoms with Crippen molar-refractivity contribution in [3.05, 3.63) is 58.6 Å². The number of primary sulfonamides is 1. The predicted molar refractivity (Wildman–Crippen MR) is 111 cm³/mol. The molecule has 0 aliphatic heterocycles. The second kappa shape index (κ2) is 7.48. The molecular formula is C18H16Br2ClNO4S. The fourth-order valence-electron chi connectivity index (χ4n) is 3.19. The molecule has 2 aromatic rings. The largest absolute Gasteiger partial charge is 0.496 e. The van der Waals surface area contributed by atoms with Gasteiger partial charge in [0.25, 0.3) is 0 Å². The topological polar surface area (TPSA) is 86.5 Å². The van der Waals surface area contributed by atoms with Gasteiger partial charge in [0.05, 0.1) is 21.2 Å². The molecule has 5 nitrogen and oxygen atoms in total. The first-order chi connectivity index (χ1) is 12.6. The number of methoxy groups -OCH3 is 1. The molecule has 2 aromatic carbocycles. The van der Waals surface area contributed by atoms with Crippen molar-refractivity contribution in [3.63, 3.8) is 0 Å². The predicted octanol–water partition coefficient (Wildman–Crippen LogP) is 4.01. The fourth-order valence-corrected chi connectivity index (χ4v) is 5.73. The first kappa shape index (κ1) is 20.8. The normalized spacial score (nSPS) is 20.9. The van der Waals surface area contributed by atoms with Crippen LogP contribution in [-0.2, 0) is 21.2 Å². The highest BCUT2D eigenvalue weighted by Crippen LogP contribution is 2.67. The van der Waals surface area contributed by atoms with Crippen molar-refractivity contribution in [3.8, 4) is 5.75 Å². The molecule has 1 saturated carbocycles. The van der Waals surface area contributed by atoms with Gasteiger partial charge in [-0.25, -0.2) is 13.6 Å². The van der Waals surface area contributed by atoms with Gasteiger partial charge in [-0.15, -0.1) is 0 Å². The second-order valence-corrected chi connectivity index (χ2v) is 12.0. The molecule has 144 valence electrons. The van der Waals surface area contributed by atoms with Gasteiger partial charge in [-0.1, -0.05) is 55.6 Å². The molecule has 1 aliphatic carbocycles. The van der Waals surface area contributed by atoms with Crippen LogP contribution < -0.4 is 9.88 Å². The molecule has 2 atom stereocenters. The SMILES string of the molecule is COc1ccc(Cl)cc1CC(=O)C1C(c2ccc(S(N)(=O)=O)cc2)C1(Br)Br. The van der Waals surface area contributed by atoms with E-state index in [1.807, 2.05) is 0 Å². The number of halogens is 3. The number of hydrogen-bond acceptors (Lipinski definition) is 4. The van der Waals surface area contributed by atoms with Crippen molar-refractivity contribution in [2.24, 2.45) is 11.1 Å². The van der Waals surface area contributed by atoms with Gasteiger partial charge in [0.2, 0.25) is 10.0 Å². The van der Waals surface area contributed by atoms with Crippen LogP contribution in [0.3, 0.4) is 0 Å². The zero-order chi connectivity index (χ0) is 20.0. The number of carbonyl (C=O) groups is 1. The van der Waals surface area contributed by atoms with Crippen LogP contribution in [0.2, 0.25) is 5.02 Å². The van der Waals surface area contributed by atoms with Gasteiger partial charge in [-0.3, -0.25) is 4.79 Å². The van der Waals surface area contributed by atoms with E-state index >= 15 is 0 Å². The maximum Gasteiger partial charge on any atom is 0.238 e. The summed E-state index contributed by atoms with van der Waals surface area (Å²) in [6.07, 6.45) is 0.180. The van der Waals surface area contributed by atoms with Gasteiger partial charge >= 0.3 is 0 Å². The van der Waals surface area contributed by atoms with Crippen molar-refractivity contribution >= 4 is 59.3 Å². The van der Waals surface area contributed by atoms with E-state index in [1.165, 1.54) is 12.1 Å². The number of hydrogen-bond donors (Lipinski definition) is 1. The summed E-state index contributed by atoms with van der Waals surface area (Å²) >= 11 is 13.2. The molecule has 0 bridgehead atoms. The van der Waals surface area contributed by atoms with Crippen LogP contribution in [0.15, 0.2) is 47.4 Å². The third kappa shape index (κ3) is 4.24. The number of Topliss-reactive ketones (excluding diaryl/α,β-unsaturated/α-hetero) is 1. The van der Waals surface area contributed by atoms with Crippen molar-refractivity contribution in [1.29, 1.82) is 0 Å². The van der Waals surface area contributed by atoms with E-state index in [1.54, 1.807) is 37.4 Å². The van der Waals surface area contributed by atoms with Gasteiger partial charge < -0.3 is 4.74 Å². The summed E-state index contributed by atoms with van der Waals surface area (Å²) in [5.41, 5.74) is 1.56. The lowest BCUT2D eigenvalue weighted by Crippen LogP contribution is -2.12. The molecule has 2 N–H and O–H groups in total. The van der Waals surface area contributed by atoms with Crippen molar-refractivity contribution < 1.29 is 17.9 Å². The number of benzene rings is 2. The molecular weight excluding hydrogens is 522 g/mol. The Morgan fingerprint density at radius 1 is 1.22 bits per heavy atom. The lowest BCUT2D eigenvalue weighted by molar-refractivity contribution is -0.119. The highest BCUT2D eigenvalue weighted by molar-refractivity contribution is 9.25. The quantitative estimate of drug-likeness (QED) is 0.565.